The van der Waals surface area contributed by atoms with E-state index in [2.05, 4.69) is 0 Å². The Hall–Kier alpha value is 0.634. The number of unbranched alkanes of at least 4 members (excludes halogenated alkanes) is 1. The first-order valence-corrected chi connectivity index (χ1v) is 1.98. The van der Waals surface area contributed by atoms with Crippen molar-refractivity contribution in [1.82, 2.24) is 0 Å². The second-order valence-corrected chi connectivity index (χ2v) is 1.05. The van der Waals surface area contributed by atoms with Crippen molar-refractivity contribution in [3.05, 3.63) is 6.61 Å². The van der Waals surface area contributed by atoms with Crippen molar-refractivity contribution in [2.45, 2.75) is 12.8 Å². The summed E-state index contributed by atoms with van der Waals surface area (Å²) >= 11 is 0. The second kappa shape index (κ2) is 9.81. The van der Waals surface area contributed by atoms with Gasteiger partial charge in [-0.2, -0.15) is 6.42 Å². The first-order chi connectivity index (χ1) is 2.91. The molecule has 42 valence electrons. The Kier molecular flexibility index (Phi) is 14.8. The van der Waals surface area contributed by atoms with Gasteiger partial charge in [0.2, 0.25) is 0 Å². The predicted molar refractivity (Wildman–Crippen MR) is 22.6 cm³/mol. The summed E-state index contributed by atoms with van der Waals surface area (Å²) in [5, 5.41) is 16.0. The second-order valence-electron chi connectivity index (χ2n) is 1.05. The van der Waals surface area contributed by atoms with Gasteiger partial charge in [-0.1, -0.05) is 6.42 Å². The maximum absolute atomic E-state index is 8.07. The first kappa shape index (κ1) is 10.6. The Bertz CT molecular complexity index is 21.7. The van der Waals surface area contributed by atoms with E-state index in [-0.39, 0.29) is 28.3 Å². The van der Waals surface area contributed by atoms with E-state index in [1.54, 1.807) is 0 Å². The molecule has 0 spiro atoms. The molecule has 0 aliphatic carbocycles. The Balaban J connectivity index is 0. The van der Waals surface area contributed by atoms with Crippen LogP contribution in [0.15, 0.2) is 0 Å². The van der Waals surface area contributed by atoms with Gasteiger partial charge in [0.25, 0.3) is 0 Å². The molecule has 0 aromatic rings. The summed E-state index contributed by atoms with van der Waals surface area (Å²) in [7, 11) is 0. The minimum Gasteiger partial charge on any atom is -0.566 e. The normalized spacial score (nSPS) is 7.71. The summed E-state index contributed by atoms with van der Waals surface area (Å²) < 4.78 is 0. The number of aliphatic hydroxyl groups excluding tert-OH is 2. The van der Waals surface area contributed by atoms with E-state index in [0.29, 0.717) is 12.8 Å². The van der Waals surface area contributed by atoms with E-state index in [4.69, 9.17) is 10.2 Å². The van der Waals surface area contributed by atoms with E-state index in [1.807, 2.05) is 0 Å². The molecule has 0 amide bonds. The number of aliphatic hydroxyl groups is 2. The van der Waals surface area contributed by atoms with Crippen molar-refractivity contribution in [3.63, 3.8) is 0 Å². The summed E-state index contributed by atoms with van der Waals surface area (Å²) in [5.74, 6) is 0. The van der Waals surface area contributed by atoms with Crippen LogP contribution in [0.2, 0.25) is 0 Å². The molecular formula is C4H9O2Ti-. The third kappa shape index (κ3) is 10.8. The Morgan fingerprint density at radius 1 is 1.43 bits per heavy atom. The zero-order valence-corrected chi connectivity index (χ0v) is 5.65. The third-order valence-corrected chi connectivity index (χ3v) is 0.491. The van der Waals surface area contributed by atoms with Crippen LogP contribution in [0.25, 0.3) is 0 Å². The molecule has 0 aliphatic rings. The topological polar surface area (TPSA) is 40.5 Å². The largest absolute Gasteiger partial charge is 0.566 e. The van der Waals surface area contributed by atoms with Crippen molar-refractivity contribution < 1.29 is 31.9 Å². The smallest absolute Gasteiger partial charge is 0.0407 e. The zero-order valence-electron chi connectivity index (χ0n) is 4.09. The van der Waals surface area contributed by atoms with Gasteiger partial charge < -0.3 is 10.2 Å². The van der Waals surface area contributed by atoms with Crippen LogP contribution in [0.1, 0.15) is 12.8 Å². The molecule has 0 fully saturated rings. The molecule has 0 aliphatic heterocycles. The Morgan fingerprint density at radius 2 is 2.00 bits per heavy atom. The zero-order chi connectivity index (χ0) is 4.83. The molecule has 2 N–H and O–H groups in total. The van der Waals surface area contributed by atoms with Crippen LogP contribution >= 0.6 is 0 Å². The number of hydrogen-bond donors (Lipinski definition) is 2. The molecule has 7 heavy (non-hydrogen) atoms. The third-order valence-electron chi connectivity index (χ3n) is 0.491. The summed E-state index contributed by atoms with van der Waals surface area (Å²) in [6.45, 7) is 1.22. The summed E-state index contributed by atoms with van der Waals surface area (Å²) in [5.41, 5.74) is 0. The van der Waals surface area contributed by atoms with E-state index >= 15 is 0 Å². The number of hydrogen-bond acceptors (Lipinski definition) is 2. The fourth-order valence-electron chi connectivity index (χ4n) is 0.183. The molecule has 0 bridgehead atoms. The molecule has 0 radical (unpaired) electrons. The van der Waals surface area contributed by atoms with Crippen LogP contribution in [0.5, 0.6) is 0 Å². The minimum atomic E-state index is 0. The molecular weight excluding hydrogens is 128 g/mol. The molecule has 0 heterocycles. The summed E-state index contributed by atoms with van der Waals surface area (Å²) in [4.78, 5) is 0. The van der Waals surface area contributed by atoms with Crippen LogP contribution in [0.3, 0.4) is 0 Å². The Morgan fingerprint density at radius 3 is 2.14 bits per heavy atom. The molecule has 0 atom stereocenters. The maximum Gasteiger partial charge on any atom is 0.0407 e. The van der Waals surface area contributed by atoms with Crippen molar-refractivity contribution >= 4 is 0 Å². The van der Waals surface area contributed by atoms with E-state index < -0.39 is 0 Å². The number of rotatable bonds is 3. The summed E-state index contributed by atoms with van der Waals surface area (Å²) in [6, 6.07) is 0. The molecule has 0 unspecified atom stereocenters. The van der Waals surface area contributed by atoms with Crippen molar-refractivity contribution in [2.24, 2.45) is 0 Å². The maximum atomic E-state index is 8.07. The van der Waals surface area contributed by atoms with E-state index in [9.17, 15) is 0 Å². The minimum absolute atomic E-state index is 0. The van der Waals surface area contributed by atoms with Gasteiger partial charge in [-0.3, -0.25) is 0 Å². The van der Waals surface area contributed by atoms with Gasteiger partial charge in [0.1, 0.15) is 0 Å². The van der Waals surface area contributed by atoms with E-state index in [0.717, 1.165) is 6.61 Å². The van der Waals surface area contributed by atoms with Gasteiger partial charge in [0.15, 0.2) is 0 Å². The van der Waals surface area contributed by atoms with Crippen LogP contribution in [0, 0.1) is 6.61 Å². The molecule has 0 saturated heterocycles. The average molecular weight is 137 g/mol. The van der Waals surface area contributed by atoms with Crippen LogP contribution in [0.4, 0.5) is 0 Å². The molecule has 0 aromatic heterocycles. The van der Waals surface area contributed by atoms with Gasteiger partial charge in [0, 0.05) is 28.3 Å². The van der Waals surface area contributed by atoms with E-state index in [1.165, 1.54) is 0 Å². The standard InChI is InChI=1S/C4H9O2.Ti/c5-3-1-2-4-6;/h3,5-6H,1-2,4H2;/q-1;. The van der Waals surface area contributed by atoms with Crippen LogP contribution < -0.4 is 0 Å². The SMILES string of the molecule is O[CH-]CCCO.[Ti]. The molecule has 0 aromatic carbocycles. The van der Waals surface area contributed by atoms with Gasteiger partial charge >= 0.3 is 0 Å². The molecule has 2 nitrogen and oxygen atoms in total. The van der Waals surface area contributed by atoms with Crippen LogP contribution in [-0.2, 0) is 21.7 Å². The van der Waals surface area contributed by atoms with Crippen molar-refractivity contribution in [3.8, 4) is 0 Å². The fraction of sp³-hybridized carbons (Fsp3) is 0.750. The van der Waals surface area contributed by atoms with Gasteiger partial charge in [-0.25, -0.2) is 6.61 Å². The van der Waals surface area contributed by atoms with Gasteiger partial charge in [-0.05, 0) is 0 Å². The van der Waals surface area contributed by atoms with Gasteiger partial charge in [-0.15, -0.1) is 0 Å². The Labute approximate surface area is 58.4 Å². The fourth-order valence-corrected chi connectivity index (χ4v) is 0.183. The first-order valence-electron chi connectivity index (χ1n) is 1.98. The quantitative estimate of drug-likeness (QED) is 0.333. The van der Waals surface area contributed by atoms with Crippen molar-refractivity contribution in [2.75, 3.05) is 6.61 Å². The van der Waals surface area contributed by atoms with Gasteiger partial charge in [0.05, 0.1) is 0 Å². The molecule has 0 saturated carbocycles. The van der Waals surface area contributed by atoms with Crippen molar-refractivity contribution in [1.29, 1.82) is 0 Å². The summed E-state index contributed by atoms with van der Waals surface area (Å²) in [6.07, 6.45) is 1.26. The molecule has 3 heteroatoms. The average Bonchev–Trinajstić information content (AvgIpc) is 1.61. The molecule has 0 rings (SSSR count). The van der Waals surface area contributed by atoms with Crippen LogP contribution in [-0.4, -0.2) is 16.8 Å². The monoisotopic (exact) mass is 137 g/mol. The predicted octanol–water partition coefficient (Wildman–Crippen LogP) is 0.291.